The number of carbonyl (C=O) groups excluding carboxylic acids is 4. The molecule has 0 aliphatic rings. The van der Waals surface area contributed by atoms with Crippen LogP contribution in [0.5, 0.6) is 0 Å². The number of ether oxygens (including phenoxy) is 1. The van der Waals surface area contributed by atoms with Gasteiger partial charge in [-0.25, -0.2) is 4.79 Å². The molecule has 2 atom stereocenters. The summed E-state index contributed by atoms with van der Waals surface area (Å²) in [6, 6.07) is 1.95. The molecule has 0 bridgehead atoms. The van der Waals surface area contributed by atoms with Crippen LogP contribution < -0.4 is 27.2 Å². The molecule has 0 saturated carbocycles. The molecule has 0 aliphatic heterocycles. The lowest BCUT2D eigenvalue weighted by Gasteiger charge is -2.18. The lowest BCUT2D eigenvalue weighted by molar-refractivity contribution is -0.134. The Labute approximate surface area is 192 Å². The SMILES string of the molecule is CCC(C)CNC(=O)Cn1cccc(NC(=O)[C@H](CC/C=C/C(=O)OC)NC(=O)CN)c1=O. The van der Waals surface area contributed by atoms with Crippen LogP contribution in [0.4, 0.5) is 5.69 Å². The highest BCUT2D eigenvalue weighted by Gasteiger charge is 2.21. The van der Waals surface area contributed by atoms with Crippen molar-refractivity contribution in [3.05, 3.63) is 40.8 Å². The van der Waals surface area contributed by atoms with Gasteiger partial charge >= 0.3 is 5.97 Å². The fourth-order valence-electron chi connectivity index (χ4n) is 2.65. The van der Waals surface area contributed by atoms with E-state index in [1.807, 2.05) is 13.8 Å². The number of anilines is 1. The highest BCUT2D eigenvalue weighted by Crippen LogP contribution is 2.05. The molecule has 1 rings (SSSR count). The van der Waals surface area contributed by atoms with Crippen molar-refractivity contribution in [1.82, 2.24) is 15.2 Å². The molecule has 0 aliphatic carbocycles. The molecule has 11 heteroatoms. The van der Waals surface area contributed by atoms with Crippen molar-refractivity contribution in [1.29, 1.82) is 0 Å². The van der Waals surface area contributed by atoms with Crippen LogP contribution in [0, 0.1) is 5.92 Å². The number of allylic oxidation sites excluding steroid dienone is 1. The van der Waals surface area contributed by atoms with E-state index >= 15 is 0 Å². The van der Waals surface area contributed by atoms with Crippen LogP contribution in [0.15, 0.2) is 35.3 Å². The number of amides is 3. The zero-order chi connectivity index (χ0) is 24.8. The van der Waals surface area contributed by atoms with Gasteiger partial charge in [-0.3, -0.25) is 19.2 Å². The van der Waals surface area contributed by atoms with Crippen molar-refractivity contribution in [3.8, 4) is 0 Å². The molecule has 1 unspecified atom stereocenters. The van der Waals surface area contributed by atoms with Crippen molar-refractivity contribution < 1.29 is 23.9 Å². The van der Waals surface area contributed by atoms with Crippen LogP contribution in [0.25, 0.3) is 0 Å². The molecule has 0 aromatic carbocycles. The number of carbonyl (C=O) groups is 4. The first-order valence-corrected chi connectivity index (χ1v) is 10.7. The molecule has 1 aromatic rings. The minimum atomic E-state index is -0.991. The minimum Gasteiger partial charge on any atom is -0.466 e. The van der Waals surface area contributed by atoms with Gasteiger partial charge in [-0.2, -0.15) is 0 Å². The second-order valence-corrected chi connectivity index (χ2v) is 7.49. The Balaban J connectivity index is 2.87. The van der Waals surface area contributed by atoms with E-state index < -0.39 is 29.4 Å². The number of aromatic nitrogens is 1. The average molecular weight is 464 g/mol. The van der Waals surface area contributed by atoms with Crippen LogP contribution in [-0.2, 0) is 30.5 Å². The van der Waals surface area contributed by atoms with Crippen molar-refractivity contribution in [3.63, 3.8) is 0 Å². The molecule has 5 N–H and O–H groups in total. The van der Waals surface area contributed by atoms with Crippen molar-refractivity contribution >= 4 is 29.4 Å². The number of rotatable bonds is 13. The summed E-state index contributed by atoms with van der Waals surface area (Å²) in [5.41, 5.74) is 4.73. The largest absolute Gasteiger partial charge is 0.466 e. The number of methoxy groups -OCH3 is 1. The number of nitrogens with one attached hydrogen (secondary N) is 3. The van der Waals surface area contributed by atoms with E-state index in [-0.39, 0.29) is 37.5 Å². The Morgan fingerprint density at radius 1 is 1.24 bits per heavy atom. The van der Waals surface area contributed by atoms with Crippen LogP contribution >= 0.6 is 0 Å². The van der Waals surface area contributed by atoms with Gasteiger partial charge in [0.05, 0.1) is 13.7 Å². The average Bonchev–Trinajstić information content (AvgIpc) is 2.81. The van der Waals surface area contributed by atoms with E-state index in [4.69, 9.17) is 5.73 Å². The number of hydrogen-bond donors (Lipinski definition) is 4. The van der Waals surface area contributed by atoms with Gasteiger partial charge in [0.25, 0.3) is 5.56 Å². The van der Waals surface area contributed by atoms with Crippen LogP contribution in [-0.4, -0.2) is 54.5 Å². The van der Waals surface area contributed by atoms with Gasteiger partial charge in [-0.15, -0.1) is 0 Å². The standard InChI is InChI=1S/C22H33N5O6/c1-4-15(2)13-24-19(29)14-27-11-7-9-17(22(27)32)26-21(31)16(25-18(28)12-23)8-5-6-10-20(30)33-3/h6-7,9-11,15-16H,4-5,8,12-14,23H2,1-3H3,(H,24,29)(H,25,28)(H,26,31)/b10-6+/t15?,16-/m0/s1. The maximum absolute atomic E-state index is 12.7. The van der Waals surface area contributed by atoms with Gasteiger partial charge in [-0.1, -0.05) is 26.3 Å². The van der Waals surface area contributed by atoms with Crippen LogP contribution in [0.3, 0.4) is 0 Å². The third kappa shape index (κ3) is 10.1. The molecule has 3 amide bonds. The van der Waals surface area contributed by atoms with E-state index in [0.29, 0.717) is 12.5 Å². The van der Waals surface area contributed by atoms with Crippen molar-refractivity contribution in [2.45, 2.75) is 45.7 Å². The summed E-state index contributed by atoms with van der Waals surface area (Å²) < 4.78 is 5.68. The van der Waals surface area contributed by atoms with Crippen molar-refractivity contribution in [2.24, 2.45) is 11.7 Å². The molecular weight excluding hydrogens is 430 g/mol. The second-order valence-electron chi connectivity index (χ2n) is 7.49. The predicted octanol–water partition coefficient (Wildman–Crippen LogP) is -0.0980. The second kappa shape index (κ2) is 14.6. The molecular formula is C22H33N5O6. The molecule has 182 valence electrons. The molecule has 33 heavy (non-hydrogen) atoms. The zero-order valence-electron chi connectivity index (χ0n) is 19.3. The van der Waals surface area contributed by atoms with Gasteiger partial charge in [0, 0.05) is 18.8 Å². The summed E-state index contributed by atoms with van der Waals surface area (Å²) >= 11 is 0. The molecule has 11 nitrogen and oxygen atoms in total. The number of pyridine rings is 1. The Hall–Kier alpha value is -3.47. The first kappa shape index (κ1) is 27.6. The highest BCUT2D eigenvalue weighted by molar-refractivity contribution is 5.97. The molecule has 0 fully saturated rings. The fourth-order valence-corrected chi connectivity index (χ4v) is 2.65. The zero-order valence-corrected chi connectivity index (χ0v) is 19.3. The Bertz CT molecular complexity index is 911. The summed E-state index contributed by atoms with van der Waals surface area (Å²) in [5, 5.41) is 7.76. The van der Waals surface area contributed by atoms with Gasteiger partial charge in [0.2, 0.25) is 17.7 Å². The van der Waals surface area contributed by atoms with Crippen LogP contribution in [0.2, 0.25) is 0 Å². The Morgan fingerprint density at radius 2 is 1.97 bits per heavy atom. The molecule has 1 heterocycles. The van der Waals surface area contributed by atoms with E-state index in [1.54, 1.807) is 0 Å². The number of hydrogen-bond acceptors (Lipinski definition) is 7. The smallest absolute Gasteiger partial charge is 0.330 e. The van der Waals surface area contributed by atoms with Gasteiger partial charge in [-0.05, 0) is 30.9 Å². The monoisotopic (exact) mass is 463 g/mol. The van der Waals surface area contributed by atoms with Crippen molar-refractivity contribution in [2.75, 3.05) is 25.5 Å². The summed E-state index contributed by atoms with van der Waals surface area (Å²) in [7, 11) is 1.24. The first-order valence-electron chi connectivity index (χ1n) is 10.7. The summed E-state index contributed by atoms with van der Waals surface area (Å²) in [5.74, 6) is -1.71. The van der Waals surface area contributed by atoms with Gasteiger partial charge < -0.3 is 31.0 Å². The van der Waals surface area contributed by atoms with Gasteiger partial charge in [0.1, 0.15) is 18.3 Å². The molecule has 0 spiro atoms. The summed E-state index contributed by atoms with van der Waals surface area (Å²) in [4.78, 5) is 60.4. The molecule has 0 saturated heterocycles. The maximum atomic E-state index is 12.7. The van der Waals surface area contributed by atoms with E-state index in [0.717, 1.165) is 6.42 Å². The third-order valence-corrected chi connectivity index (χ3v) is 4.85. The van der Waals surface area contributed by atoms with Crippen LogP contribution in [0.1, 0.15) is 33.1 Å². The summed E-state index contributed by atoms with van der Waals surface area (Å²) in [6.45, 7) is 4.03. The Kier molecular flexibility index (Phi) is 12.2. The lowest BCUT2D eigenvalue weighted by atomic mass is 10.1. The predicted molar refractivity (Wildman–Crippen MR) is 123 cm³/mol. The molecule has 1 aromatic heterocycles. The summed E-state index contributed by atoms with van der Waals surface area (Å²) in [6.07, 6.45) is 5.53. The fraction of sp³-hybridized carbons (Fsp3) is 0.500. The van der Waals surface area contributed by atoms with E-state index in [2.05, 4.69) is 20.7 Å². The normalized spacial score (nSPS) is 12.6. The van der Waals surface area contributed by atoms with E-state index in [9.17, 15) is 24.0 Å². The van der Waals surface area contributed by atoms with E-state index in [1.165, 1.54) is 42.2 Å². The number of nitrogens with zero attached hydrogens (tertiary/aromatic N) is 1. The number of nitrogens with two attached hydrogens (primary N) is 1. The minimum absolute atomic E-state index is 0.0330. The number of esters is 1. The topological polar surface area (TPSA) is 162 Å². The lowest BCUT2D eigenvalue weighted by Crippen LogP contribution is -2.46. The quantitative estimate of drug-likeness (QED) is 0.235. The maximum Gasteiger partial charge on any atom is 0.330 e. The highest BCUT2D eigenvalue weighted by atomic mass is 16.5. The molecule has 0 radical (unpaired) electrons. The van der Waals surface area contributed by atoms with Gasteiger partial charge in [0.15, 0.2) is 0 Å². The Morgan fingerprint density at radius 3 is 2.61 bits per heavy atom. The first-order chi connectivity index (χ1) is 15.7. The third-order valence-electron chi connectivity index (χ3n) is 4.85.